The molecule has 0 spiro atoms. The van der Waals surface area contributed by atoms with E-state index in [0.29, 0.717) is 5.57 Å². The summed E-state index contributed by atoms with van der Waals surface area (Å²) < 4.78 is 14.9. The lowest BCUT2D eigenvalue weighted by Crippen LogP contribution is -2.01. The molecule has 0 atom stereocenters. The highest BCUT2D eigenvalue weighted by Crippen LogP contribution is 2.30. The number of aromatic nitrogens is 2. The van der Waals surface area contributed by atoms with Gasteiger partial charge >= 0.3 is 0 Å². The van der Waals surface area contributed by atoms with Crippen LogP contribution >= 0.6 is 0 Å². The van der Waals surface area contributed by atoms with E-state index in [1.54, 1.807) is 29.9 Å². The van der Waals surface area contributed by atoms with Gasteiger partial charge in [-0.15, -0.1) is 0 Å². The Bertz CT molecular complexity index is 782. The van der Waals surface area contributed by atoms with E-state index in [4.69, 9.17) is 0 Å². The Morgan fingerprint density at radius 3 is 2.68 bits per heavy atom. The van der Waals surface area contributed by atoms with Gasteiger partial charge in [0.2, 0.25) is 0 Å². The number of rotatable bonds is 3. The summed E-state index contributed by atoms with van der Waals surface area (Å²) in [5, 5.41) is 4.40. The Balaban J connectivity index is 2.19. The molecule has 0 amide bonds. The molecule has 0 saturated carbocycles. The molecular formula is C18H17FN2O. The van der Waals surface area contributed by atoms with Crippen molar-refractivity contribution in [2.45, 2.75) is 26.7 Å². The monoisotopic (exact) mass is 296 g/mol. The van der Waals surface area contributed by atoms with Crippen LogP contribution in [0.25, 0.3) is 17.3 Å². The van der Waals surface area contributed by atoms with Crippen molar-refractivity contribution in [1.29, 1.82) is 0 Å². The molecule has 0 radical (unpaired) electrons. The molecule has 1 aliphatic rings. The van der Waals surface area contributed by atoms with Crippen molar-refractivity contribution < 1.29 is 9.18 Å². The van der Waals surface area contributed by atoms with Gasteiger partial charge in [0.25, 0.3) is 0 Å². The summed E-state index contributed by atoms with van der Waals surface area (Å²) in [7, 11) is 0. The molecule has 22 heavy (non-hydrogen) atoms. The number of halogens is 1. The van der Waals surface area contributed by atoms with Crippen molar-refractivity contribution in [3.8, 4) is 5.69 Å². The Morgan fingerprint density at radius 1 is 1.32 bits per heavy atom. The van der Waals surface area contributed by atoms with Gasteiger partial charge in [0.1, 0.15) is 5.82 Å². The summed E-state index contributed by atoms with van der Waals surface area (Å²) in [4.78, 5) is 11.9. The first kappa shape index (κ1) is 14.4. The van der Waals surface area contributed by atoms with Crippen LogP contribution in [-0.4, -0.2) is 15.6 Å². The number of Topliss-reactive ketones (excluding diaryl/α,β-unsaturated/α-hetero) is 1. The summed E-state index contributed by atoms with van der Waals surface area (Å²) >= 11 is 0. The van der Waals surface area contributed by atoms with Crippen LogP contribution < -0.4 is 0 Å². The number of ketones is 1. The fourth-order valence-electron chi connectivity index (χ4n) is 2.67. The third kappa shape index (κ3) is 2.52. The van der Waals surface area contributed by atoms with Crippen LogP contribution in [0.1, 0.15) is 37.9 Å². The van der Waals surface area contributed by atoms with Crippen molar-refractivity contribution in [3.05, 3.63) is 59.2 Å². The second-order valence-electron chi connectivity index (χ2n) is 5.37. The maximum absolute atomic E-state index is 13.1. The van der Waals surface area contributed by atoms with Crippen molar-refractivity contribution in [3.63, 3.8) is 0 Å². The van der Waals surface area contributed by atoms with Gasteiger partial charge in [-0.25, -0.2) is 9.07 Å². The lowest BCUT2D eigenvalue weighted by Gasteiger charge is -2.07. The third-order valence-corrected chi connectivity index (χ3v) is 3.91. The number of hydrogen-bond donors (Lipinski definition) is 0. The van der Waals surface area contributed by atoms with E-state index >= 15 is 0 Å². The molecule has 0 N–H and O–H groups in total. The summed E-state index contributed by atoms with van der Waals surface area (Å²) in [6.45, 7) is 3.67. The summed E-state index contributed by atoms with van der Waals surface area (Å²) in [5.74, 6) is -0.248. The van der Waals surface area contributed by atoms with Crippen LogP contribution in [-0.2, 0) is 4.79 Å². The molecule has 0 bridgehead atoms. The van der Waals surface area contributed by atoms with E-state index in [1.165, 1.54) is 17.7 Å². The maximum atomic E-state index is 13.1. The van der Waals surface area contributed by atoms with Crippen LogP contribution in [0.3, 0.4) is 0 Å². The second-order valence-corrected chi connectivity index (χ2v) is 5.37. The molecule has 0 unspecified atom stereocenters. The molecule has 1 aromatic heterocycles. The first-order chi connectivity index (χ1) is 10.6. The van der Waals surface area contributed by atoms with Gasteiger partial charge in [-0.05, 0) is 50.1 Å². The average molecular weight is 296 g/mol. The number of carbonyl (C=O) groups is 1. The highest BCUT2D eigenvalue weighted by molar-refractivity contribution is 6.20. The van der Waals surface area contributed by atoms with Gasteiger partial charge in [-0.1, -0.05) is 18.6 Å². The number of allylic oxidation sites excluding steroid dienone is 3. The zero-order valence-electron chi connectivity index (χ0n) is 12.6. The molecule has 112 valence electrons. The fraction of sp³-hybridized carbons (Fsp3) is 0.222. The third-order valence-electron chi connectivity index (χ3n) is 3.91. The topological polar surface area (TPSA) is 34.9 Å². The summed E-state index contributed by atoms with van der Waals surface area (Å²) in [6.07, 6.45) is 7.44. The quantitative estimate of drug-likeness (QED) is 0.851. The van der Waals surface area contributed by atoms with Gasteiger partial charge in [-0.3, -0.25) is 4.79 Å². The molecule has 3 nitrogen and oxygen atoms in total. The standard InChI is InChI=1S/C18H17FN2O/c1-3-13-4-9-16(12(2)22)17-11-20-21(18(17)10-13)15-7-5-14(19)6-8-15/h5-11H,3-4H2,1-2H3. The Kier molecular flexibility index (Phi) is 3.75. The Labute approximate surface area is 128 Å². The highest BCUT2D eigenvalue weighted by Gasteiger charge is 2.19. The molecular weight excluding hydrogens is 279 g/mol. The molecule has 1 aliphatic carbocycles. The minimum atomic E-state index is -0.281. The predicted octanol–water partition coefficient (Wildman–Crippen LogP) is 4.18. The zero-order valence-corrected chi connectivity index (χ0v) is 12.6. The van der Waals surface area contributed by atoms with Crippen molar-refractivity contribution in [1.82, 2.24) is 9.78 Å². The van der Waals surface area contributed by atoms with Gasteiger partial charge in [0.15, 0.2) is 5.78 Å². The number of nitrogens with zero attached hydrogens (tertiary/aromatic N) is 2. The molecule has 0 aliphatic heterocycles. The highest BCUT2D eigenvalue weighted by atomic mass is 19.1. The van der Waals surface area contributed by atoms with Crippen molar-refractivity contribution in [2.24, 2.45) is 0 Å². The minimum absolute atomic E-state index is 0.0330. The van der Waals surface area contributed by atoms with Crippen molar-refractivity contribution >= 4 is 17.4 Å². The molecule has 2 aromatic rings. The Hall–Kier alpha value is -2.49. The van der Waals surface area contributed by atoms with Gasteiger partial charge in [0.05, 0.1) is 17.6 Å². The van der Waals surface area contributed by atoms with Gasteiger partial charge in [0, 0.05) is 11.1 Å². The van der Waals surface area contributed by atoms with Crippen LogP contribution in [0.5, 0.6) is 0 Å². The van der Waals surface area contributed by atoms with Gasteiger partial charge in [-0.2, -0.15) is 5.10 Å². The van der Waals surface area contributed by atoms with E-state index in [2.05, 4.69) is 18.1 Å². The lowest BCUT2D eigenvalue weighted by atomic mass is 10.0. The SMILES string of the molecule is CCC1=Cc2c(cnn2-c2ccc(F)cc2)C(C(C)=O)=CC1. The normalized spacial score (nSPS) is 14.0. The molecule has 4 heteroatoms. The molecule has 1 aromatic carbocycles. The van der Waals surface area contributed by atoms with E-state index in [1.807, 2.05) is 6.08 Å². The number of benzene rings is 1. The van der Waals surface area contributed by atoms with Gasteiger partial charge < -0.3 is 0 Å². The smallest absolute Gasteiger partial charge is 0.160 e. The summed E-state index contributed by atoms with van der Waals surface area (Å²) in [5.41, 5.74) is 4.42. The van der Waals surface area contributed by atoms with Crippen LogP contribution in [0, 0.1) is 5.82 Å². The zero-order chi connectivity index (χ0) is 15.7. The first-order valence-electron chi connectivity index (χ1n) is 7.35. The predicted molar refractivity (Wildman–Crippen MR) is 85.1 cm³/mol. The average Bonchev–Trinajstić information content (AvgIpc) is 2.80. The second kappa shape index (κ2) is 5.72. The number of fused-ring (bicyclic) bond motifs is 1. The number of hydrogen-bond acceptors (Lipinski definition) is 2. The molecule has 0 fully saturated rings. The van der Waals surface area contributed by atoms with E-state index in [-0.39, 0.29) is 11.6 Å². The van der Waals surface area contributed by atoms with E-state index in [9.17, 15) is 9.18 Å². The molecule has 3 rings (SSSR count). The van der Waals surface area contributed by atoms with Crippen molar-refractivity contribution in [2.75, 3.05) is 0 Å². The first-order valence-corrected chi connectivity index (χ1v) is 7.35. The summed E-state index contributed by atoms with van der Waals surface area (Å²) in [6, 6.07) is 6.19. The maximum Gasteiger partial charge on any atom is 0.160 e. The van der Waals surface area contributed by atoms with Crippen LogP contribution in [0.2, 0.25) is 0 Å². The molecule has 1 heterocycles. The Morgan fingerprint density at radius 2 is 2.05 bits per heavy atom. The largest absolute Gasteiger partial charge is 0.294 e. The van der Waals surface area contributed by atoms with E-state index < -0.39 is 0 Å². The van der Waals surface area contributed by atoms with Crippen LogP contribution in [0.4, 0.5) is 4.39 Å². The molecule has 0 saturated heterocycles. The number of carbonyl (C=O) groups excluding carboxylic acids is 1. The fourth-order valence-corrected chi connectivity index (χ4v) is 2.67. The van der Waals surface area contributed by atoms with E-state index in [0.717, 1.165) is 29.8 Å². The lowest BCUT2D eigenvalue weighted by molar-refractivity contribution is -0.111. The minimum Gasteiger partial charge on any atom is -0.294 e. The van der Waals surface area contributed by atoms with Crippen LogP contribution in [0.15, 0.2) is 42.1 Å².